The lowest BCUT2D eigenvalue weighted by molar-refractivity contribution is -0.132. The van der Waals surface area contributed by atoms with Crippen molar-refractivity contribution in [3.8, 4) is 11.3 Å². The molecule has 1 saturated heterocycles. The van der Waals surface area contributed by atoms with E-state index in [1.807, 2.05) is 59.5 Å². The normalized spacial score (nSPS) is 16.2. The Kier molecular flexibility index (Phi) is 7.70. The molecule has 3 aromatic heterocycles. The second-order valence-electron chi connectivity index (χ2n) is 9.95. The van der Waals surface area contributed by atoms with Crippen LogP contribution in [0, 0.1) is 5.92 Å². The number of hydrogen-bond acceptors (Lipinski definition) is 6. The van der Waals surface area contributed by atoms with Crippen LogP contribution in [-0.4, -0.2) is 68.8 Å². The highest BCUT2D eigenvalue weighted by molar-refractivity contribution is 6.08. The van der Waals surface area contributed by atoms with Crippen LogP contribution in [0.15, 0.2) is 79.3 Å². The fraction of sp³-hybridized carbons (Fsp3) is 0.300. The van der Waals surface area contributed by atoms with Gasteiger partial charge >= 0.3 is 0 Å². The van der Waals surface area contributed by atoms with Crippen LogP contribution >= 0.6 is 0 Å². The predicted octanol–water partition coefficient (Wildman–Crippen LogP) is 4.22. The van der Waals surface area contributed by atoms with E-state index in [0.29, 0.717) is 48.9 Å². The molecule has 0 spiro atoms. The van der Waals surface area contributed by atoms with Crippen LogP contribution in [0.5, 0.6) is 0 Å². The molecule has 0 radical (unpaired) electrons. The summed E-state index contributed by atoms with van der Waals surface area (Å²) in [6.45, 7) is 5.78. The van der Waals surface area contributed by atoms with E-state index in [1.165, 1.54) is 0 Å². The Bertz CT molecular complexity index is 1410. The molecular formula is C30H31N5O3. The van der Waals surface area contributed by atoms with Crippen LogP contribution < -0.4 is 0 Å². The zero-order chi connectivity index (χ0) is 26.5. The quantitative estimate of drug-likeness (QED) is 0.371. The summed E-state index contributed by atoms with van der Waals surface area (Å²) in [5.41, 5.74) is 3.49. The van der Waals surface area contributed by atoms with Crippen molar-refractivity contribution in [3.63, 3.8) is 0 Å². The Labute approximate surface area is 222 Å². The van der Waals surface area contributed by atoms with Gasteiger partial charge in [0.25, 0.3) is 5.91 Å². The summed E-state index contributed by atoms with van der Waals surface area (Å²) in [7, 11) is 0. The van der Waals surface area contributed by atoms with E-state index in [9.17, 15) is 9.59 Å². The van der Waals surface area contributed by atoms with Crippen molar-refractivity contribution in [2.45, 2.75) is 26.6 Å². The Balaban J connectivity index is 1.48. The first-order chi connectivity index (χ1) is 18.5. The average Bonchev–Trinajstić information content (AvgIpc) is 3.09. The molecule has 0 saturated carbocycles. The second-order valence-corrected chi connectivity index (χ2v) is 9.95. The van der Waals surface area contributed by atoms with Crippen molar-refractivity contribution >= 4 is 22.7 Å². The third-order valence-electron chi connectivity index (χ3n) is 6.50. The van der Waals surface area contributed by atoms with E-state index in [0.717, 1.165) is 16.6 Å². The fourth-order valence-electron chi connectivity index (χ4n) is 4.73. The van der Waals surface area contributed by atoms with E-state index in [-0.39, 0.29) is 24.5 Å². The first-order valence-electron chi connectivity index (χ1n) is 12.9. The van der Waals surface area contributed by atoms with E-state index < -0.39 is 0 Å². The first kappa shape index (κ1) is 25.5. The number of nitrogens with zero attached hydrogens (tertiary/aromatic N) is 5. The number of para-hydroxylation sites is 1. The van der Waals surface area contributed by atoms with Crippen molar-refractivity contribution in [2.75, 3.05) is 26.2 Å². The molecule has 1 aliphatic heterocycles. The zero-order valence-corrected chi connectivity index (χ0v) is 21.7. The van der Waals surface area contributed by atoms with Gasteiger partial charge < -0.3 is 14.5 Å². The van der Waals surface area contributed by atoms with Gasteiger partial charge in [-0.15, -0.1) is 0 Å². The van der Waals surface area contributed by atoms with Crippen LogP contribution in [0.25, 0.3) is 22.2 Å². The number of ether oxygens (including phenoxy) is 1. The zero-order valence-electron chi connectivity index (χ0n) is 21.7. The molecule has 8 heteroatoms. The summed E-state index contributed by atoms with van der Waals surface area (Å²) in [6, 6.07) is 18.8. The van der Waals surface area contributed by atoms with Crippen LogP contribution in [-0.2, 0) is 16.1 Å². The third kappa shape index (κ3) is 5.86. The van der Waals surface area contributed by atoms with Gasteiger partial charge in [0, 0.05) is 49.2 Å². The molecule has 0 unspecified atom stereocenters. The number of aromatic nitrogens is 3. The number of fused-ring (bicyclic) bond motifs is 1. The van der Waals surface area contributed by atoms with Gasteiger partial charge in [0.05, 0.1) is 35.2 Å². The Morgan fingerprint density at radius 2 is 1.89 bits per heavy atom. The van der Waals surface area contributed by atoms with E-state index in [4.69, 9.17) is 9.72 Å². The van der Waals surface area contributed by atoms with Gasteiger partial charge in [-0.2, -0.15) is 0 Å². The first-order valence-corrected chi connectivity index (χ1v) is 12.9. The van der Waals surface area contributed by atoms with E-state index in [1.54, 1.807) is 29.6 Å². The SMILES string of the molecule is CC(C)CN1C[C@H](OCc2ccccn2)CN(C(=O)c2cc(-c3cccnc3)nc3ccccc23)CC1=O. The number of amides is 2. The van der Waals surface area contributed by atoms with Gasteiger partial charge in [0.15, 0.2) is 0 Å². The lowest BCUT2D eigenvalue weighted by Gasteiger charge is -2.26. The molecule has 4 heterocycles. The molecule has 0 bridgehead atoms. The van der Waals surface area contributed by atoms with Gasteiger partial charge in [0.1, 0.15) is 6.54 Å². The molecule has 1 aliphatic rings. The smallest absolute Gasteiger partial charge is 0.255 e. The maximum atomic E-state index is 14.1. The van der Waals surface area contributed by atoms with Crippen molar-refractivity contribution in [1.82, 2.24) is 24.8 Å². The lowest BCUT2D eigenvalue weighted by Crippen LogP contribution is -2.40. The van der Waals surface area contributed by atoms with Gasteiger partial charge in [-0.25, -0.2) is 4.98 Å². The molecule has 38 heavy (non-hydrogen) atoms. The highest BCUT2D eigenvalue weighted by atomic mass is 16.5. The molecule has 194 valence electrons. The molecule has 1 fully saturated rings. The Morgan fingerprint density at radius 3 is 2.66 bits per heavy atom. The second kappa shape index (κ2) is 11.5. The Morgan fingerprint density at radius 1 is 1.05 bits per heavy atom. The van der Waals surface area contributed by atoms with Crippen LogP contribution in [0.2, 0.25) is 0 Å². The fourth-order valence-corrected chi connectivity index (χ4v) is 4.73. The highest BCUT2D eigenvalue weighted by Gasteiger charge is 2.32. The summed E-state index contributed by atoms with van der Waals surface area (Å²) in [5, 5.41) is 0.742. The predicted molar refractivity (Wildman–Crippen MR) is 145 cm³/mol. The minimum absolute atomic E-state index is 0.00608. The minimum Gasteiger partial charge on any atom is -0.368 e. The summed E-state index contributed by atoms with van der Waals surface area (Å²) in [5.74, 6) is -0.00873. The standard InChI is InChI=1S/C30H31N5O3/c1-21(2)16-34-17-24(38-20-23-9-5-6-13-32-23)18-35(19-29(34)36)30(37)26-14-28(22-8-7-12-31-15-22)33-27-11-4-3-10-25(26)27/h3-15,21,24H,16-20H2,1-2H3/t24-/m0/s1. The molecule has 0 N–H and O–H groups in total. The van der Waals surface area contributed by atoms with Gasteiger partial charge in [-0.05, 0) is 42.3 Å². The molecular weight excluding hydrogens is 478 g/mol. The molecule has 8 nitrogen and oxygen atoms in total. The van der Waals surface area contributed by atoms with Crippen LogP contribution in [0.1, 0.15) is 29.9 Å². The number of carbonyl (C=O) groups excluding carboxylic acids is 2. The van der Waals surface area contributed by atoms with Gasteiger partial charge in [-0.3, -0.25) is 19.6 Å². The van der Waals surface area contributed by atoms with Crippen LogP contribution in [0.4, 0.5) is 0 Å². The third-order valence-corrected chi connectivity index (χ3v) is 6.50. The summed E-state index contributed by atoms with van der Waals surface area (Å²) < 4.78 is 6.24. The molecule has 0 aliphatic carbocycles. The number of benzene rings is 1. The largest absolute Gasteiger partial charge is 0.368 e. The average molecular weight is 510 g/mol. The van der Waals surface area contributed by atoms with Crippen molar-refractivity contribution in [2.24, 2.45) is 5.92 Å². The van der Waals surface area contributed by atoms with E-state index in [2.05, 4.69) is 23.8 Å². The monoisotopic (exact) mass is 509 g/mol. The van der Waals surface area contributed by atoms with Crippen molar-refractivity contribution in [3.05, 3.63) is 90.5 Å². The van der Waals surface area contributed by atoms with Crippen molar-refractivity contribution < 1.29 is 14.3 Å². The van der Waals surface area contributed by atoms with Gasteiger partial charge in [0.2, 0.25) is 5.91 Å². The molecule has 1 atom stereocenters. The van der Waals surface area contributed by atoms with E-state index >= 15 is 0 Å². The summed E-state index contributed by atoms with van der Waals surface area (Å²) in [6.07, 6.45) is 4.81. The number of hydrogen-bond donors (Lipinski definition) is 0. The molecule has 5 rings (SSSR count). The number of pyridine rings is 3. The van der Waals surface area contributed by atoms with Crippen molar-refractivity contribution in [1.29, 1.82) is 0 Å². The van der Waals surface area contributed by atoms with Gasteiger partial charge in [-0.1, -0.05) is 38.1 Å². The number of rotatable bonds is 7. The summed E-state index contributed by atoms with van der Waals surface area (Å²) >= 11 is 0. The topological polar surface area (TPSA) is 88.5 Å². The lowest BCUT2D eigenvalue weighted by atomic mass is 10.0. The molecule has 1 aromatic carbocycles. The Hall–Kier alpha value is -4.17. The highest BCUT2D eigenvalue weighted by Crippen LogP contribution is 2.26. The molecule has 4 aromatic rings. The van der Waals surface area contributed by atoms with Crippen LogP contribution in [0.3, 0.4) is 0 Å². The summed E-state index contributed by atoms with van der Waals surface area (Å²) in [4.78, 5) is 44.1. The molecule has 2 amide bonds. The number of carbonyl (C=O) groups is 2. The minimum atomic E-state index is -0.350. The maximum Gasteiger partial charge on any atom is 0.255 e. The maximum absolute atomic E-state index is 14.1.